The minimum absolute atomic E-state index is 0.470. The van der Waals surface area contributed by atoms with Crippen LogP contribution in [0.15, 0.2) is 47.2 Å². The average molecular weight is 306 g/mol. The van der Waals surface area contributed by atoms with Crippen molar-refractivity contribution < 1.29 is 4.52 Å². The van der Waals surface area contributed by atoms with Crippen molar-refractivity contribution in [1.29, 1.82) is 0 Å². The van der Waals surface area contributed by atoms with E-state index in [4.69, 9.17) is 4.52 Å². The molecule has 0 radical (unpaired) electrons. The van der Waals surface area contributed by atoms with E-state index in [1.54, 1.807) is 12.4 Å². The standard InChI is InChI=1S/C16H14N6O/c1-2-9-22-14-4-3-12(10-13(14)19-21-22)15-18-16(23-20-15)11-5-7-17-8-6-11/h3-8,10H,2,9H2,1H3. The summed E-state index contributed by atoms with van der Waals surface area (Å²) in [6.07, 6.45) is 4.40. The maximum absolute atomic E-state index is 5.33. The van der Waals surface area contributed by atoms with Gasteiger partial charge in [-0.2, -0.15) is 4.98 Å². The zero-order valence-electron chi connectivity index (χ0n) is 12.5. The summed E-state index contributed by atoms with van der Waals surface area (Å²) in [5.41, 5.74) is 3.53. The second-order valence-electron chi connectivity index (χ2n) is 5.18. The molecule has 4 aromatic rings. The number of fused-ring (bicyclic) bond motifs is 1. The molecule has 1 aromatic carbocycles. The van der Waals surface area contributed by atoms with E-state index in [-0.39, 0.29) is 0 Å². The number of pyridine rings is 1. The number of hydrogen-bond donors (Lipinski definition) is 0. The monoisotopic (exact) mass is 306 g/mol. The molecular weight excluding hydrogens is 292 g/mol. The van der Waals surface area contributed by atoms with Crippen LogP contribution in [0.2, 0.25) is 0 Å². The zero-order valence-corrected chi connectivity index (χ0v) is 12.5. The number of rotatable bonds is 4. The van der Waals surface area contributed by atoms with Crippen LogP contribution < -0.4 is 0 Å². The quantitative estimate of drug-likeness (QED) is 0.576. The molecule has 0 atom stereocenters. The van der Waals surface area contributed by atoms with E-state index < -0.39 is 0 Å². The second kappa shape index (κ2) is 5.60. The fourth-order valence-corrected chi connectivity index (χ4v) is 2.44. The second-order valence-corrected chi connectivity index (χ2v) is 5.18. The summed E-state index contributed by atoms with van der Waals surface area (Å²) in [6, 6.07) is 9.53. The molecule has 0 bridgehead atoms. The van der Waals surface area contributed by atoms with Crippen molar-refractivity contribution in [1.82, 2.24) is 30.1 Å². The Morgan fingerprint density at radius 3 is 2.78 bits per heavy atom. The van der Waals surface area contributed by atoms with E-state index in [1.165, 1.54) is 0 Å². The maximum atomic E-state index is 5.33. The molecule has 0 amide bonds. The van der Waals surface area contributed by atoms with Crippen LogP contribution in [0.1, 0.15) is 13.3 Å². The van der Waals surface area contributed by atoms with Gasteiger partial charge in [-0.1, -0.05) is 17.3 Å². The Balaban J connectivity index is 1.71. The molecule has 3 aromatic heterocycles. The van der Waals surface area contributed by atoms with Crippen molar-refractivity contribution in [3.05, 3.63) is 42.7 Å². The van der Waals surface area contributed by atoms with Crippen LogP contribution in [-0.2, 0) is 6.54 Å². The highest BCUT2D eigenvalue weighted by Crippen LogP contribution is 2.24. The van der Waals surface area contributed by atoms with Gasteiger partial charge in [-0.15, -0.1) is 5.10 Å². The molecule has 23 heavy (non-hydrogen) atoms. The summed E-state index contributed by atoms with van der Waals surface area (Å²) in [7, 11) is 0. The topological polar surface area (TPSA) is 82.5 Å². The fourth-order valence-electron chi connectivity index (χ4n) is 2.44. The van der Waals surface area contributed by atoms with Crippen LogP contribution in [0.4, 0.5) is 0 Å². The third kappa shape index (κ3) is 2.46. The SMILES string of the molecule is CCCn1nnc2cc(-c3noc(-c4ccncc4)n3)ccc21. The first-order valence-corrected chi connectivity index (χ1v) is 7.43. The van der Waals surface area contributed by atoms with E-state index in [0.29, 0.717) is 11.7 Å². The molecule has 0 fully saturated rings. The van der Waals surface area contributed by atoms with E-state index in [2.05, 4.69) is 32.4 Å². The molecular formula is C16H14N6O. The van der Waals surface area contributed by atoms with Gasteiger partial charge in [0.1, 0.15) is 5.52 Å². The molecule has 7 nitrogen and oxygen atoms in total. The van der Waals surface area contributed by atoms with Gasteiger partial charge in [0.25, 0.3) is 5.89 Å². The molecule has 0 spiro atoms. The van der Waals surface area contributed by atoms with Crippen molar-refractivity contribution in [2.24, 2.45) is 0 Å². The predicted octanol–water partition coefficient (Wildman–Crippen LogP) is 2.95. The van der Waals surface area contributed by atoms with Crippen molar-refractivity contribution in [3.8, 4) is 22.8 Å². The van der Waals surface area contributed by atoms with Crippen LogP contribution in [0, 0.1) is 0 Å². The largest absolute Gasteiger partial charge is 0.334 e. The van der Waals surface area contributed by atoms with E-state index >= 15 is 0 Å². The third-order valence-electron chi connectivity index (χ3n) is 3.56. The van der Waals surface area contributed by atoms with Crippen molar-refractivity contribution in [2.75, 3.05) is 0 Å². The van der Waals surface area contributed by atoms with E-state index in [1.807, 2.05) is 35.0 Å². The molecule has 4 rings (SSSR count). The minimum atomic E-state index is 0.470. The zero-order chi connectivity index (χ0) is 15.6. The van der Waals surface area contributed by atoms with Crippen LogP contribution in [0.25, 0.3) is 33.9 Å². The minimum Gasteiger partial charge on any atom is -0.334 e. The lowest BCUT2D eigenvalue weighted by Gasteiger charge is -1.99. The molecule has 114 valence electrons. The maximum Gasteiger partial charge on any atom is 0.258 e. The van der Waals surface area contributed by atoms with Crippen molar-refractivity contribution in [2.45, 2.75) is 19.9 Å². The smallest absolute Gasteiger partial charge is 0.258 e. The van der Waals surface area contributed by atoms with Gasteiger partial charge in [0.05, 0.1) is 5.52 Å². The average Bonchev–Trinajstić information content (AvgIpc) is 3.23. The van der Waals surface area contributed by atoms with Gasteiger partial charge in [0.15, 0.2) is 0 Å². The highest BCUT2D eigenvalue weighted by atomic mass is 16.5. The Morgan fingerprint density at radius 1 is 1.09 bits per heavy atom. The Hall–Kier alpha value is -3.09. The Labute approximate surface area is 132 Å². The third-order valence-corrected chi connectivity index (χ3v) is 3.56. The first-order valence-electron chi connectivity index (χ1n) is 7.43. The van der Waals surface area contributed by atoms with Crippen LogP contribution in [0.3, 0.4) is 0 Å². The Morgan fingerprint density at radius 2 is 1.96 bits per heavy atom. The summed E-state index contributed by atoms with van der Waals surface area (Å²) in [5, 5.41) is 12.4. The van der Waals surface area contributed by atoms with Gasteiger partial charge in [-0.05, 0) is 36.8 Å². The molecule has 0 aliphatic heterocycles. The summed E-state index contributed by atoms with van der Waals surface area (Å²) in [6.45, 7) is 2.96. The van der Waals surface area contributed by atoms with Gasteiger partial charge in [-0.25, -0.2) is 4.68 Å². The molecule has 0 aliphatic carbocycles. The normalized spacial score (nSPS) is 11.2. The lowest BCUT2D eigenvalue weighted by molar-refractivity contribution is 0.432. The number of aryl methyl sites for hydroxylation is 1. The predicted molar refractivity (Wildman–Crippen MR) is 84.3 cm³/mol. The lowest BCUT2D eigenvalue weighted by atomic mass is 10.2. The van der Waals surface area contributed by atoms with Gasteiger partial charge in [0, 0.05) is 30.1 Å². The Kier molecular flexibility index (Phi) is 3.30. The molecule has 0 saturated carbocycles. The summed E-state index contributed by atoms with van der Waals surface area (Å²) >= 11 is 0. The molecule has 0 N–H and O–H groups in total. The molecule has 0 aliphatic rings. The lowest BCUT2D eigenvalue weighted by Crippen LogP contribution is -1.98. The van der Waals surface area contributed by atoms with Gasteiger partial charge in [-0.3, -0.25) is 4.98 Å². The van der Waals surface area contributed by atoms with Crippen LogP contribution in [-0.4, -0.2) is 30.1 Å². The van der Waals surface area contributed by atoms with Crippen molar-refractivity contribution >= 4 is 11.0 Å². The van der Waals surface area contributed by atoms with Gasteiger partial charge >= 0.3 is 0 Å². The van der Waals surface area contributed by atoms with E-state index in [0.717, 1.165) is 35.1 Å². The van der Waals surface area contributed by atoms with Gasteiger partial charge < -0.3 is 4.52 Å². The first kappa shape index (κ1) is 13.6. The van der Waals surface area contributed by atoms with Gasteiger partial charge in [0.2, 0.25) is 5.82 Å². The molecule has 0 saturated heterocycles. The Bertz CT molecular complexity index is 944. The van der Waals surface area contributed by atoms with Crippen LogP contribution in [0.5, 0.6) is 0 Å². The highest BCUT2D eigenvalue weighted by molar-refractivity contribution is 5.80. The summed E-state index contributed by atoms with van der Waals surface area (Å²) < 4.78 is 7.23. The molecule has 0 unspecified atom stereocenters. The molecule has 7 heteroatoms. The summed E-state index contributed by atoms with van der Waals surface area (Å²) in [4.78, 5) is 8.42. The molecule has 3 heterocycles. The van der Waals surface area contributed by atoms with Crippen LogP contribution >= 0.6 is 0 Å². The number of hydrogen-bond acceptors (Lipinski definition) is 6. The van der Waals surface area contributed by atoms with E-state index in [9.17, 15) is 0 Å². The number of benzene rings is 1. The first-order chi connectivity index (χ1) is 11.3. The number of nitrogens with zero attached hydrogens (tertiary/aromatic N) is 6. The highest BCUT2D eigenvalue weighted by Gasteiger charge is 2.12. The van der Waals surface area contributed by atoms with Crippen molar-refractivity contribution in [3.63, 3.8) is 0 Å². The fraction of sp³-hybridized carbons (Fsp3) is 0.188. The number of aromatic nitrogens is 6. The summed E-state index contributed by atoms with van der Waals surface area (Å²) in [5.74, 6) is 1.00.